The van der Waals surface area contributed by atoms with Crippen LogP contribution in [0.3, 0.4) is 0 Å². The van der Waals surface area contributed by atoms with Gasteiger partial charge in [0, 0.05) is 36.1 Å². The summed E-state index contributed by atoms with van der Waals surface area (Å²) in [6, 6.07) is 2.90. The van der Waals surface area contributed by atoms with E-state index in [9.17, 15) is 0 Å². The third-order valence-electron chi connectivity index (χ3n) is 3.67. The van der Waals surface area contributed by atoms with Crippen LogP contribution in [0.5, 0.6) is 0 Å². The molecule has 0 radical (unpaired) electrons. The number of ether oxygens (including phenoxy) is 1. The van der Waals surface area contributed by atoms with Gasteiger partial charge in [-0.3, -0.25) is 0 Å². The van der Waals surface area contributed by atoms with Crippen LogP contribution in [0.25, 0.3) is 0 Å². The maximum atomic E-state index is 5.17. The van der Waals surface area contributed by atoms with Crippen molar-refractivity contribution in [1.29, 1.82) is 0 Å². The van der Waals surface area contributed by atoms with Gasteiger partial charge >= 0.3 is 0 Å². The molecule has 2 unspecified atom stereocenters. The molecule has 1 aromatic rings. The van der Waals surface area contributed by atoms with Gasteiger partial charge in [-0.15, -0.1) is 11.3 Å². The SMILES string of the molecule is COCC(C)CNC(C)c1cc2c(s1)CCCC2. The minimum absolute atomic E-state index is 0.472. The molecule has 102 valence electrons. The van der Waals surface area contributed by atoms with Gasteiger partial charge in [0.1, 0.15) is 0 Å². The van der Waals surface area contributed by atoms with Crippen LogP contribution in [0.2, 0.25) is 0 Å². The van der Waals surface area contributed by atoms with Gasteiger partial charge in [0.25, 0.3) is 0 Å². The highest BCUT2D eigenvalue weighted by Crippen LogP contribution is 2.32. The maximum absolute atomic E-state index is 5.17. The lowest BCUT2D eigenvalue weighted by atomic mass is 9.99. The summed E-state index contributed by atoms with van der Waals surface area (Å²) in [6.07, 6.45) is 5.33. The number of rotatable bonds is 6. The van der Waals surface area contributed by atoms with Gasteiger partial charge in [-0.1, -0.05) is 6.92 Å². The second-order valence-corrected chi connectivity index (χ2v) is 6.66. The molecule has 0 fully saturated rings. The van der Waals surface area contributed by atoms with Crippen molar-refractivity contribution in [2.24, 2.45) is 5.92 Å². The molecule has 2 nitrogen and oxygen atoms in total. The number of fused-ring (bicyclic) bond motifs is 1. The molecule has 0 spiro atoms. The van der Waals surface area contributed by atoms with Crippen molar-refractivity contribution < 1.29 is 4.74 Å². The van der Waals surface area contributed by atoms with Crippen molar-refractivity contribution in [3.05, 3.63) is 21.4 Å². The lowest BCUT2D eigenvalue weighted by Crippen LogP contribution is -2.26. The molecule has 1 aliphatic rings. The molecule has 1 N–H and O–H groups in total. The number of hydrogen-bond acceptors (Lipinski definition) is 3. The Bertz CT molecular complexity index is 351. The second kappa shape index (κ2) is 6.69. The molecule has 0 amide bonds. The standard InChI is InChI=1S/C15H25NOS/c1-11(10-17-3)9-16-12(2)15-8-13-6-4-5-7-14(13)18-15/h8,11-12,16H,4-7,9-10H2,1-3H3. The molecular formula is C15H25NOS. The zero-order chi connectivity index (χ0) is 13.0. The Morgan fingerprint density at radius 1 is 1.33 bits per heavy atom. The van der Waals surface area contributed by atoms with Crippen molar-refractivity contribution in [3.63, 3.8) is 0 Å². The number of hydrogen-bond donors (Lipinski definition) is 1. The fourth-order valence-corrected chi connectivity index (χ4v) is 3.83. The topological polar surface area (TPSA) is 21.3 Å². The summed E-state index contributed by atoms with van der Waals surface area (Å²) < 4.78 is 5.17. The molecule has 2 atom stereocenters. The maximum Gasteiger partial charge on any atom is 0.0499 e. The van der Waals surface area contributed by atoms with Crippen LogP contribution in [0.15, 0.2) is 6.07 Å². The Hall–Kier alpha value is -0.380. The Balaban J connectivity index is 1.88. The number of methoxy groups -OCH3 is 1. The molecule has 1 heterocycles. The predicted molar refractivity (Wildman–Crippen MR) is 78.4 cm³/mol. The van der Waals surface area contributed by atoms with E-state index in [1.807, 2.05) is 11.3 Å². The molecular weight excluding hydrogens is 242 g/mol. The first-order valence-electron chi connectivity index (χ1n) is 7.04. The number of thiophene rings is 1. The van der Waals surface area contributed by atoms with Gasteiger partial charge in [0.15, 0.2) is 0 Å². The van der Waals surface area contributed by atoms with E-state index < -0.39 is 0 Å². The van der Waals surface area contributed by atoms with Crippen molar-refractivity contribution >= 4 is 11.3 Å². The van der Waals surface area contributed by atoms with Crippen molar-refractivity contribution in [1.82, 2.24) is 5.32 Å². The summed E-state index contributed by atoms with van der Waals surface area (Å²) in [6.45, 7) is 6.36. The average molecular weight is 267 g/mol. The highest BCUT2D eigenvalue weighted by Gasteiger charge is 2.16. The molecule has 0 saturated carbocycles. The van der Waals surface area contributed by atoms with Gasteiger partial charge < -0.3 is 10.1 Å². The molecule has 0 saturated heterocycles. The molecule has 0 bridgehead atoms. The van der Waals surface area contributed by atoms with Crippen LogP contribution in [0, 0.1) is 5.92 Å². The van der Waals surface area contributed by atoms with Crippen LogP contribution in [0.4, 0.5) is 0 Å². The summed E-state index contributed by atoms with van der Waals surface area (Å²) in [5.74, 6) is 0.576. The van der Waals surface area contributed by atoms with Gasteiger partial charge in [-0.25, -0.2) is 0 Å². The van der Waals surface area contributed by atoms with Gasteiger partial charge in [-0.05, 0) is 50.2 Å². The Labute approximate surface area is 115 Å². The molecule has 1 aliphatic carbocycles. The summed E-state index contributed by atoms with van der Waals surface area (Å²) in [4.78, 5) is 3.14. The minimum atomic E-state index is 0.472. The average Bonchev–Trinajstić information content (AvgIpc) is 2.80. The van der Waals surface area contributed by atoms with E-state index in [2.05, 4.69) is 25.2 Å². The molecule has 3 heteroatoms. The lowest BCUT2D eigenvalue weighted by Gasteiger charge is -2.16. The lowest BCUT2D eigenvalue weighted by molar-refractivity contribution is 0.157. The Kier molecular flexibility index (Phi) is 5.22. The van der Waals surface area contributed by atoms with Crippen molar-refractivity contribution in [2.45, 2.75) is 45.6 Å². The highest BCUT2D eigenvalue weighted by molar-refractivity contribution is 7.12. The Morgan fingerprint density at radius 3 is 2.83 bits per heavy atom. The zero-order valence-corrected chi connectivity index (χ0v) is 12.6. The minimum Gasteiger partial charge on any atom is -0.384 e. The van der Waals surface area contributed by atoms with Gasteiger partial charge in [0.05, 0.1) is 0 Å². The van der Waals surface area contributed by atoms with Crippen LogP contribution < -0.4 is 5.32 Å². The Morgan fingerprint density at radius 2 is 2.11 bits per heavy atom. The van der Waals surface area contributed by atoms with E-state index in [0.29, 0.717) is 12.0 Å². The monoisotopic (exact) mass is 267 g/mol. The van der Waals surface area contributed by atoms with E-state index in [-0.39, 0.29) is 0 Å². The van der Waals surface area contributed by atoms with E-state index in [0.717, 1.165) is 13.2 Å². The van der Waals surface area contributed by atoms with E-state index in [4.69, 9.17) is 4.74 Å². The van der Waals surface area contributed by atoms with Crippen LogP contribution in [-0.4, -0.2) is 20.3 Å². The third kappa shape index (κ3) is 3.56. The van der Waals surface area contributed by atoms with E-state index >= 15 is 0 Å². The van der Waals surface area contributed by atoms with E-state index in [1.54, 1.807) is 17.6 Å². The molecule has 2 rings (SSSR count). The van der Waals surface area contributed by atoms with Crippen LogP contribution >= 0.6 is 11.3 Å². The normalized spacial score (nSPS) is 18.4. The second-order valence-electron chi connectivity index (χ2n) is 5.49. The summed E-state index contributed by atoms with van der Waals surface area (Å²) >= 11 is 2.01. The summed E-state index contributed by atoms with van der Waals surface area (Å²) in [5, 5.41) is 3.62. The smallest absolute Gasteiger partial charge is 0.0499 e. The fraction of sp³-hybridized carbons (Fsp3) is 0.733. The van der Waals surface area contributed by atoms with Crippen LogP contribution in [-0.2, 0) is 17.6 Å². The molecule has 18 heavy (non-hydrogen) atoms. The number of aryl methyl sites for hydroxylation is 2. The third-order valence-corrected chi connectivity index (χ3v) is 5.09. The molecule has 1 aromatic heterocycles. The highest BCUT2D eigenvalue weighted by atomic mass is 32.1. The molecule has 0 aliphatic heterocycles. The quantitative estimate of drug-likeness (QED) is 0.851. The molecule has 0 aromatic carbocycles. The van der Waals surface area contributed by atoms with Gasteiger partial charge in [0.2, 0.25) is 0 Å². The van der Waals surface area contributed by atoms with Gasteiger partial charge in [-0.2, -0.15) is 0 Å². The van der Waals surface area contributed by atoms with E-state index in [1.165, 1.54) is 30.6 Å². The number of nitrogens with one attached hydrogen (secondary N) is 1. The van der Waals surface area contributed by atoms with Crippen molar-refractivity contribution in [2.75, 3.05) is 20.3 Å². The summed E-state index contributed by atoms with van der Waals surface area (Å²) in [5.41, 5.74) is 1.61. The first-order chi connectivity index (χ1) is 8.70. The van der Waals surface area contributed by atoms with Crippen LogP contribution in [0.1, 0.15) is 48.0 Å². The largest absolute Gasteiger partial charge is 0.384 e. The van der Waals surface area contributed by atoms with Crippen molar-refractivity contribution in [3.8, 4) is 0 Å². The fourth-order valence-electron chi connectivity index (χ4n) is 2.55. The summed E-state index contributed by atoms with van der Waals surface area (Å²) in [7, 11) is 1.77. The first-order valence-corrected chi connectivity index (χ1v) is 7.86. The predicted octanol–water partition coefficient (Wildman–Crippen LogP) is 3.56. The zero-order valence-electron chi connectivity index (χ0n) is 11.8. The first kappa shape index (κ1) is 14.0.